The number of thioether (sulfide) groups is 1. The van der Waals surface area contributed by atoms with Crippen LogP contribution < -0.4 is 11.1 Å². The lowest BCUT2D eigenvalue weighted by Gasteiger charge is -2.19. The number of aldehydes is 1. The zero-order chi connectivity index (χ0) is 20.5. The molecule has 0 spiro atoms. The summed E-state index contributed by atoms with van der Waals surface area (Å²) in [6.07, 6.45) is 5.20. The van der Waals surface area contributed by atoms with Crippen molar-refractivity contribution in [3.05, 3.63) is 0 Å². The molecule has 0 aromatic carbocycles. The molecule has 0 aromatic heterocycles. The smallest absolute Gasteiger partial charge is 0.301 e. The molecule has 9 heteroatoms. The topological polar surface area (TPSA) is 110 Å². The van der Waals surface area contributed by atoms with Crippen molar-refractivity contribution in [3.8, 4) is 0 Å². The standard InChI is InChI=1S/C18H32FN3O4S/c1-22(11-7-2-4-8-16(19)24)18(26)12-15(13-23)27-14-17(25)21-10-6-3-5-9-20/h13,15H,2-12,14,20H2,1H3,(H,21,25). The average Bonchev–Trinajstić information content (AvgIpc) is 2.63. The van der Waals surface area contributed by atoms with Crippen LogP contribution in [0.1, 0.15) is 51.4 Å². The first-order valence-electron chi connectivity index (χ1n) is 9.36. The van der Waals surface area contributed by atoms with Crippen LogP contribution in [0.2, 0.25) is 0 Å². The summed E-state index contributed by atoms with van der Waals surface area (Å²) >= 11 is 1.15. The number of carbonyl (C=O) groups excluding carboxylic acids is 4. The molecule has 0 radical (unpaired) electrons. The number of carbonyl (C=O) groups is 4. The SMILES string of the molecule is CN(CCCCCC(=O)F)C(=O)CC(C=O)SCC(=O)NCCCCCN. The summed E-state index contributed by atoms with van der Waals surface area (Å²) in [5, 5.41) is 2.22. The molecule has 3 N–H and O–H groups in total. The van der Waals surface area contributed by atoms with Gasteiger partial charge >= 0.3 is 6.04 Å². The van der Waals surface area contributed by atoms with E-state index >= 15 is 0 Å². The van der Waals surface area contributed by atoms with E-state index in [0.717, 1.165) is 31.0 Å². The van der Waals surface area contributed by atoms with E-state index < -0.39 is 11.3 Å². The molecule has 27 heavy (non-hydrogen) atoms. The van der Waals surface area contributed by atoms with Crippen molar-refractivity contribution in [2.75, 3.05) is 32.4 Å². The maximum Gasteiger partial charge on any atom is 0.301 e. The minimum absolute atomic E-state index is 0.0391. The quantitative estimate of drug-likeness (QED) is 0.215. The van der Waals surface area contributed by atoms with Crippen LogP contribution in [-0.4, -0.2) is 66.7 Å². The highest BCUT2D eigenvalue weighted by molar-refractivity contribution is 8.01. The number of hydrogen-bond donors (Lipinski definition) is 2. The molecule has 0 heterocycles. The zero-order valence-electron chi connectivity index (χ0n) is 16.1. The maximum absolute atomic E-state index is 12.1. The third kappa shape index (κ3) is 15.3. The Bertz CT molecular complexity index is 466. The molecule has 156 valence electrons. The number of nitrogens with one attached hydrogen (secondary N) is 1. The maximum atomic E-state index is 12.1. The van der Waals surface area contributed by atoms with Crippen LogP contribution in [0.25, 0.3) is 0 Å². The highest BCUT2D eigenvalue weighted by atomic mass is 32.2. The van der Waals surface area contributed by atoms with Gasteiger partial charge in [-0.15, -0.1) is 11.8 Å². The largest absolute Gasteiger partial charge is 0.355 e. The summed E-state index contributed by atoms with van der Waals surface area (Å²) in [5.41, 5.74) is 5.40. The van der Waals surface area contributed by atoms with Gasteiger partial charge in [-0.05, 0) is 32.2 Å². The fourth-order valence-corrected chi connectivity index (χ4v) is 3.10. The van der Waals surface area contributed by atoms with E-state index in [1.165, 1.54) is 4.90 Å². The second-order valence-corrected chi connectivity index (χ2v) is 7.60. The predicted molar refractivity (Wildman–Crippen MR) is 105 cm³/mol. The van der Waals surface area contributed by atoms with Crippen molar-refractivity contribution in [3.63, 3.8) is 0 Å². The summed E-state index contributed by atoms with van der Waals surface area (Å²) in [6.45, 7) is 1.71. The summed E-state index contributed by atoms with van der Waals surface area (Å²) in [5.74, 6) is -0.194. The molecule has 0 aliphatic heterocycles. The molecular formula is C18H32FN3O4S. The van der Waals surface area contributed by atoms with Crippen molar-refractivity contribution in [2.24, 2.45) is 5.73 Å². The Morgan fingerprint density at radius 3 is 2.48 bits per heavy atom. The molecule has 7 nitrogen and oxygen atoms in total. The van der Waals surface area contributed by atoms with Crippen molar-refractivity contribution in [1.82, 2.24) is 10.2 Å². The molecular weight excluding hydrogens is 373 g/mol. The minimum atomic E-state index is -1.31. The number of hydrogen-bond acceptors (Lipinski definition) is 6. The van der Waals surface area contributed by atoms with Gasteiger partial charge in [0.1, 0.15) is 6.29 Å². The van der Waals surface area contributed by atoms with E-state index in [9.17, 15) is 23.6 Å². The summed E-state index contributed by atoms with van der Waals surface area (Å²) < 4.78 is 12.1. The molecule has 0 saturated carbocycles. The molecule has 0 aromatic rings. The van der Waals surface area contributed by atoms with Crippen LogP contribution in [0.5, 0.6) is 0 Å². The van der Waals surface area contributed by atoms with Gasteiger partial charge in [0.25, 0.3) is 0 Å². The van der Waals surface area contributed by atoms with E-state index in [0.29, 0.717) is 45.2 Å². The summed E-state index contributed by atoms with van der Waals surface area (Å²) in [4.78, 5) is 46.8. The third-order valence-corrected chi connectivity index (χ3v) is 5.09. The number of amides is 2. The van der Waals surface area contributed by atoms with E-state index in [1.807, 2.05) is 0 Å². The summed E-state index contributed by atoms with van der Waals surface area (Å²) in [6, 6.07) is -1.31. The van der Waals surface area contributed by atoms with E-state index in [2.05, 4.69) is 5.32 Å². The van der Waals surface area contributed by atoms with E-state index in [1.54, 1.807) is 7.05 Å². The monoisotopic (exact) mass is 405 g/mol. The molecule has 0 saturated heterocycles. The Morgan fingerprint density at radius 1 is 1.15 bits per heavy atom. The van der Waals surface area contributed by atoms with Gasteiger partial charge in [-0.2, -0.15) is 4.39 Å². The Morgan fingerprint density at radius 2 is 1.85 bits per heavy atom. The molecule has 1 atom stereocenters. The van der Waals surface area contributed by atoms with Crippen LogP contribution in [0.4, 0.5) is 4.39 Å². The lowest BCUT2D eigenvalue weighted by atomic mass is 10.2. The van der Waals surface area contributed by atoms with Crippen LogP contribution >= 0.6 is 11.8 Å². The third-order valence-electron chi connectivity index (χ3n) is 3.95. The second-order valence-electron chi connectivity index (χ2n) is 6.37. The molecule has 2 amide bonds. The van der Waals surface area contributed by atoms with Gasteiger partial charge in [-0.25, -0.2) is 0 Å². The lowest BCUT2D eigenvalue weighted by molar-refractivity contribution is -0.131. The van der Waals surface area contributed by atoms with Gasteiger partial charge in [0.15, 0.2) is 0 Å². The minimum Gasteiger partial charge on any atom is -0.355 e. The second kappa shape index (κ2) is 16.7. The first-order valence-corrected chi connectivity index (χ1v) is 10.4. The van der Waals surface area contributed by atoms with E-state index in [4.69, 9.17) is 5.73 Å². The lowest BCUT2D eigenvalue weighted by Crippen LogP contribution is -2.31. The fraction of sp³-hybridized carbons (Fsp3) is 0.778. The van der Waals surface area contributed by atoms with Crippen molar-refractivity contribution in [2.45, 2.75) is 56.6 Å². The van der Waals surface area contributed by atoms with Gasteiger partial charge in [0.2, 0.25) is 11.8 Å². The van der Waals surface area contributed by atoms with Crippen LogP contribution in [-0.2, 0) is 19.2 Å². The Kier molecular flexibility index (Phi) is 15.8. The number of nitrogens with two attached hydrogens (primary N) is 1. The predicted octanol–water partition coefficient (Wildman–Crippen LogP) is 1.44. The van der Waals surface area contributed by atoms with Crippen molar-refractivity contribution >= 4 is 35.9 Å². The van der Waals surface area contributed by atoms with E-state index in [-0.39, 0.29) is 30.4 Å². The number of unbranched alkanes of at least 4 members (excludes halogenated alkanes) is 4. The Hall–Kier alpha value is -1.48. The fourth-order valence-electron chi connectivity index (χ4n) is 2.30. The number of rotatable bonds is 17. The van der Waals surface area contributed by atoms with Gasteiger partial charge in [0, 0.05) is 33.0 Å². The van der Waals surface area contributed by atoms with Crippen molar-refractivity contribution < 1.29 is 23.6 Å². The van der Waals surface area contributed by atoms with Gasteiger partial charge in [0.05, 0.1) is 11.0 Å². The van der Waals surface area contributed by atoms with Crippen LogP contribution in [0.3, 0.4) is 0 Å². The molecule has 1 unspecified atom stereocenters. The first kappa shape index (κ1) is 25.5. The highest BCUT2D eigenvalue weighted by Crippen LogP contribution is 2.14. The van der Waals surface area contributed by atoms with Gasteiger partial charge in [-0.3, -0.25) is 14.4 Å². The van der Waals surface area contributed by atoms with Crippen LogP contribution in [0, 0.1) is 0 Å². The molecule has 0 aliphatic carbocycles. The number of nitrogens with zero attached hydrogens (tertiary/aromatic N) is 1. The number of halogens is 1. The summed E-state index contributed by atoms with van der Waals surface area (Å²) in [7, 11) is 1.64. The first-order chi connectivity index (χ1) is 12.9. The Balaban J connectivity index is 3.95. The molecule has 0 bridgehead atoms. The average molecular weight is 406 g/mol. The van der Waals surface area contributed by atoms with Crippen LogP contribution in [0.15, 0.2) is 0 Å². The van der Waals surface area contributed by atoms with Gasteiger partial charge < -0.3 is 20.7 Å². The highest BCUT2D eigenvalue weighted by Gasteiger charge is 2.18. The molecule has 0 fully saturated rings. The normalized spacial score (nSPS) is 11.7. The molecule has 0 aliphatic rings. The van der Waals surface area contributed by atoms with Gasteiger partial charge in [-0.1, -0.05) is 12.8 Å². The molecule has 0 rings (SSSR count). The Labute approximate surface area is 165 Å². The van der Waals surface area contributed by atoms with Crippen molar-refractivity contribution in [1.29, 1.82) is 0 Å². The zero-order valence-corrected chi connectivity index (χ0v) is 16.9.